The van der Waals surface area contributed by atoms with Gasteiger partial charge in [0.2, 0.25) is 0 Å². The summed E-state index contributed by atoms with van der Waals surface area (Å²) >= 11 is 0. The Morgan fingerprint density at radius 3 is 1.50 bits per heavy atom. The van der Waals surface area contributed by atoms with Crippen molar-refractivity contribution in [2.75, 3.05) is 14.2 Å². The minimum Gasteiger partial charge on any atom is -0.497 e. The van der Waals surface area contributed by atoms with Gasteiger partial charge in [0.05, 0.1) is 14.2 Å². The van der Waals surface area contributed by atoms with E-state index in [1.165, 1.54) is 60.1 Å². The van der Waals surface area contributed by atoms with Crippen LogP contribution in [0.4, 0.5) is 0 Å². The molecule has 0 amide bonds. The summed E-state index contributed by atoms with van der Waals surface area (Å²) < 4.78 is 10.9. The summed E-state index contributed by atoms with van der Waals surface area (Å²) in [6, 6.07) is 47.7. The standard InChI is InChI=1S/C38H28O2/c1-39-31-18-13-26(14-19-31)29-17-22-35-36(24-29)37(27-15-20-32(40-2)21-16-27)33-9-5-6-10-34(33)38(35)30-12-11-25-7-3-4-8-28(25)23-30/h3-24H,1-2H3. The summed E-state index contributed by atoms with van der Waals surface area (Å²) in [5.74, 6) is 1.71. The fraction of sp³-hybridized carbons (Fsp3) is 0.0526. The summed E-state index contributed by atoms with van der Waals surface area (Å²) in [5.41, 5.74) is 7.20. The van der Waals surface area contributed by atoms with Crippen molar-refractivity contribution in [1.29, 1.82) is 0 Å². The predicted octanol–water partition coefficient (Wildman–Crippen LogP) is 10.2. The van der Waals surface area contributed by atoms with Crippen LogP contribution in [-0.4, -0.2) is 14.2 Å². The normalized spacial score (nSPS) is 11.2. The lowest BCUT2D eigenvalue weighted by Gasteiger charge is -2.19. The van der Waals surface area contributed by atoms with Crippen LogP contribution in [0.25, 0.3) is 65.7 Å². The minimum atomic E-state index is 0.851. The summed E-state index contributed by atoms with van der Waals surface area (Å²) in [6.07, 6.45) is 0. The second kappa shape index (κ2) is 9.91. The third kappa shape index (κ3) is 4.06. The minimum absolute atomic E-state index is 0.851. The monoisotopic (exact) mass is 516 g/mol. The molecule has 0 bridgehead atoms. The number of hydrogen-bond donors (Lipinski definition) is 0. The first-order valence-electron chi connectivity index (χ1n) is 13.5. The van der Waals surface area contributed by atoms with Gasteiger partial charge in [-0.05, 0) is 102 Å². The molecule has 192 valence electrons. The number of ether oxygens (including phenoxy) is 2. The Morgan fingerprint density at radius 1 is 0.350 bits per heavy atom. The highest BCUT2D eigenvalue weighted by atomic mass is 16.5. The third-order valence-corrected chi connectivity index (χ3v) is 7.86. The zero-order chi connectivity index (χ0) is 27.1. The van der Waals surface area contributed by atoms with Crippen molar-refractivity contribution in [3.63, 3.8) is 0 Å². The fourth-order valence-corrected chi connectivity index (χ4v) is 5.87. The van der Waals surface area contributed by atoms with Gasteiger partial charge < -0.3 is 9.47 Å². The molecular weight excluding hydrogens is 488 g/mol. The van der Waals surface area contributed by atoms with Gasteiger partial charge in [-0.15, -0.1) is 0 Å². The number of fused-ring (bicyclic) bond motifs is 3. The van der Waals surface area contributed by atoms with Gasteiger partial charge in [-0.2, -0.15) is 0 Å². The molecule has 0 spiro atoms. The fourth-order valence-electron chi connectivity index (χ4n) is 5.87. The molecule has 0 heterocycles. The highest BCUT2D eigenvalue weighted by Gasteiger charge is 2.18. The number of hydrogen-bond acceptors (Lipinski definition) is 2. The second-order valence-corrected chi connectivity index (χ2v) is 10.1. The molecular formula is C38H28O2. The van der Waals surface area contributed by atoms with Gasteiger partial charge in [0, 0.05) is 0 Å². The molecule has 7 rings (SSSR count). The molecule has 0 fully saturated rings. The molecule has 0 saturated carbocycles. The highest BCUT2D eigenvalue weighted by Crippen LogP contribution is 2.45. The van der Waals surface area contributed by atoms with Crippen molar-refractivity contribution < 1.29 is 9.47 Å². The van der Waals surface area contributed by atoms with Crippen molar-refractivity contribution in [2.24, 2.45) is 0 Å². The van der Waals surface area contributed by atoms with Crippen LogP contribution in [0.1, 0.15) is 0 Å². The largest absolute Gasteiger partial charge is 0.497 e. The molecule has 0 unspecified atom stereocenters. The average Bonchev–Trinajstić information content (AvgIpc) is 3.03. The van der Waals surface area contributed by atoms with E-state index in [-0.39, 0.29) is 0 Å². The van der Waals surface area contributed by atoms with E-state index < -0.39 is 0 Å². The molecule has 0 aliphatic carbocycles. The number of methoxy groups -OCH3 is 2. The Kier molecular flexibility index (Phi) is 5.94. The van der Waals surface area contributed by atoms with Crippen LogP contribution in [0.3, 0.4) is 0 Å². The quantitative estimate of drug-likeness (QED) is 0.212. The zero-order valence-corrected chi connectivity index (χ0v) is 22.5. The van der Waals surface area contributed by atoms with Gasteiger partial charge in [-0.25, -0.2) is 0 Å². The number of benzene rings is 7. The molecule has 0 aromatic heterocycles. The maximum atomic E-state index is 5.48. The van der Waals surface area contributed by atoms with Crippen LogP contribution in [0.5, 0.6) is 11.5 Å². The molecule has 0 atom stereocenters. The van der Waals surface area contributed by atoms with Crippen molar-refractivity contribution in [3.05, 3.63) is 133 Å². The maximum absolute atomic E-state index is 5.48. The Hall–Kier alpha value is -5.08. The third-order valence-electron chi connectivity index (χ3n) is 7.86. The molecule has 7 aromatic rings. The summed E-state index contributed by atoms with van der Waals surface area (Å²) in [5, 5.41) is 7.42. The number of rotatable bonds is 5. The van der Waals surface area contributed by atoms with Crippen LogP contribution < -0.4 is 9.47 Å². The SMILES string of the molecule is COc1ccc(-c2ccc3c(-c4ccc5ccccc5c4)c4ccccc4c(-c4ccc(OC)cc4)c3c2)cc1. The molecule has 2 nitrogen and oxygen atoms in total. The van der Waals surface area contributed by atoms with E-state index in [4.69, 9.17) is 9.47 Å². The summed E-state index contributed by atoms with van der Waals surface area (Å²) in [7, 11) is 3.41. The van der Waals surface area contributed by atoms with Gasteiger partial charge in [-0.1, -0.05) is 97.1 Å². The molecule has 0 saturated heterocycles. The zero-order valence-electron chi connectivity index (χ0n) is 22.5. The van der Waals surface area contributed by atoms with Crippen molar-refractivity contribution in [3.8, 4) is 44.9 Å². The smallest absolute Gasteiger partial charge is 0.118 e. The van der Waals surface area contributed by atoms with E-state index in [1.54, 1.807) is 14.2 Å². The Bertz CT molecular complexity index is 2000. The predicted molar refractivity (Wildman–Crippen MR) is 168 cm³/mol. The van der Waals surface area contributed by atoms with Crippen molar-refractivity contribution >= 4 is 32.3 Å². The maximum Gasteiger partial charge on any atom is 0.118 e. The average molecular weight is 517 g/mol. The molecule has 0 radical (unpaired) electrons. The summed E-state index contributed by atoms with van der Waals surface area (Å²) in [4.78, 5) is 0. The first-order chi connectivity index (χ1) is 19.7. The first kappa shape index (κ1) is 24.0. The molecule has 7 aromatic carbocycles. The van der Waals surface area contributed by atoms with Crippen LogP contribution in [-0.2, 0) is 0 Å². The summed E-state index contributed by atoms with van der Waals surface area (Å²) in [6.45, 7) is 0. The van der Waals surface area contributed by atoms with Gasteiger partial charge >= 0.3 is 0 Å². The van der Waals surface area contributed by atoms with Crippen LogP contribution in [0, 0.1) is 0 Å². The van der Waals surface area contributed by atoms with Crippen LogP contribution in [0.15, 0.2) is 133 Å². The molecule has 2 heteroatoms. The van der Waals surface area contributed by atoms with Crippen LogP contribution in [0.2, 0.25) is 0 Å². The molecule has 40 heavy (non-hydrogen) atoms. The molecule has 0 aliphatic heterocycles. The Morgan fingerprint density at radius 2 is 0.850 bits per heavy atom. The van der Waals surface area contributed by atoms with E-state index in [0.717, 1.165) is 17.1 Å². The van der Waals surface area contributed by atoms with E-state index in [0.29, 0.717) is 0 Å². The lowest BCUT2D eigenvalue weighted by atomic mass is 9.84. The lowest BCUT2D eigenvalue weighted by Crippen LogP contribution is -1.92. The van der Waals surface area contributed by atoms with E-state index in [2.05, 4.69) is 109 Å². The lowest BCUT2D eigenvalue weighted by molar-refractivity contribution is 0.415. The Balaban J connectivity index is 1.57. The van der Waals surface area contributed by atoms with E-state index in [1.807, 2.05) is 24.3 Å². The first-order valence-corrected chi connectivity index (χ1v) is 13.5. The van der Waals surface area contributed by atoms with Gasteiger partial charge in [0.15, 0.2) is 0 Å². The molecule has 0 N–H and O–H groups in total. The van der Waals surface area contributed by atoms with Gasteiger partial charge in [0.25, 0.3) is 0 Å². The van der Waals surface area contributed by atoms with Gasteiger partial charge in [-0.3, -0.25) is 0 Å². The highest BCUT2D eigenvalue weighted by molar-refractivity contribution is 6.22. The van der Waals surface area contributed by atoms with Crippen LogP contribution >= 0.6 is 0 Å². The van der Waals surface area contributed by atoms with Crippen molar-refractivity contribution in [1.82, 2.24) is 0 Å². The van der Waals surface area contributed by atoms with Crippen molar-refractivity contribution in [2.45, 2.75) is 0 Å². The second-order valence-electron chi connectivity index (χ2n) is 10.1. The molecule has 0 aliphatic rings. The van der Waals surface area contributed by atoms with Gasteiger partial charge in [0.1, 0.15) is 11.5 Å². The van der Waals surface area contributed by atoms with E-state index >= 15 is 0 Å². The Labute approximate surface area is 234 Å². The van der Waals surface area contributed by atoms with E-state index in [9.17, 15) is 0 Å². The topological polar surface area (TPSA) is 18.5 Å².